The molecule has 0 heterocycles. The predicted octanol–water partition coefficient (Wildman–Crippen LogP) is 3.50. The lowest BCUT2D eigenvalue weighted by atomic mass is 9.84. The van der Waals surface area contributed by atoms with E-state index < -0.39 is 0 Å². The van der Waals surface area contributed by atoms with Gasteiger partial charge in [0.1, 0.15) is 5.82 Å². The van der Waals surface area contributed by atoms with Crippen molar-refractivity contribution in [3.63, 3.8) is 0 Å². The van der Waals surface area contributed by atoms with E-state index in [9.17, 15) is 4.39 Å². The number of rotatable bonds is 1. The van der Waals surface area contributed by atoms with Gasteiger partial charge in [-0.15, -0.1) is 0 Å². The summed E-state index contributed by atoms with van der Waals surface area (Å²) >= 11 is 0. The molecule has 1 unspecified atom stereocenters. The maximum absolute atomic E-state index is 13.5. The van der Waals surface area contributed by atoms with Crippen LogP contribution in [0.3, 0.4) is 0 Å². The summed E-state index contributed by atoms with van der Waals surface area (Å²) in [6, 6.07) is 5.40. The highest BCUT2D eigenvalue weighted by Crippen LogP contribution is 2.47. The highest BCUT2D eigenvalue weighted by atomic mass is 19.1. The Morgan fingerprint density at radius 3 is 2.44 bits per heavy atom. The molecule has 0 bridgehead atoms. The second kappa shape index (κ2) is 3.56. The molecule has 1 aromatic rings. The van der Waals surface area contributed by atoms with Gasteiger partial charge in [-0.2, -0.15) is 0 Å². The molecule has 88 valence electrons. The third kappa shape index (κ3) is 1.99. The molecule has 0 spiro atoms. The van der Waals surface area contributed by atoms with Crippen LogP contribution in [0.5, 0.6) is 0 Å². The van der Waals surface area contributed by atoms with Gasteiger partial charge in [0.25, 0.3) is 0 Å². The first kappa shape index (κ1) is 11.6. The van der Waals surface area contributed by atoms with Crippen molar-refractivity contribution < 1.29 is 4.39 Å². The van der Waals surface area contributed by atoms with E-state index in [4.69, 9.17) is 5.73 Å². The molecule has 0 amide bonds. The van der Waals surface area contributed by atoms with Crippen LogP contribution in [-0.4, -0.2) is 0 Å². The van der Waals surface area contributed by atoms with Crippen LogP contribution in [0.2, 0.25) is 0 Å². The van der Waals surface area contributed by atoms with Gasteiger partial charge in [-0.3, -0.25) is 0 Å². The molecule has 1 atom stereocenters. The van der Waals surface area contributed by atoms with Gasteiger partial charge in [-0.05, 0) is 48.8 Å². The number of nitrogens with two attached hydrogens (primary N) is 1. The Morgan fingerprint density at radius 2 is 1.94 bits per heavy atom. The van der Waals surface area contributed by atoms with E-state index >= 15 is 0 Å². The fraction of sp³-hybridized carbons (Fsp3) is 0.571. The second-order valence-electron chi connectivity index (χ2n) is 5.96. The highest BCUT2D eigenvalue weighted by Gasteiger charge is 2.41. The van der Waals surface area contributed by atoms with Crippen molar-refractivity contribution in [2.45, 2.75) is 45.6 Å². The average Bonchev–Trinajstić information content (AvgIpc) is 2.47. The molecule has 16 heavy (non-hydrogen) atoms. The first-order chi connectivity index (χ1) is 7.32. The third-order valence-corrected chi connectivity index (χ3v) is 3.79. The monoisotopic (exact) mass is 221 g/mol. The number of hydrogen-bond donors (Lipinski definition) is 1. The number of hydrogen-bond acceptors (Lipinski definition) is 1. The van der Waals surface area contributed by atoms with Crippen molar-refractivity contribution in [1.29, 1.82) is 0 Å². The van der Waals surface area contributed by atoms with Gasteiger partial charge in [0.05, 0.1) is 0 Å². The SMILES string of the molecule is Cc1ccc(C2(N)CCC(C)(C)C2)cc1F. The molecule has 0 radical (unpaired) electrons. The Balaban J connectivity index is 2.34. The summed E-state index contributed by atoms with van der Waals surface area (Å²) in [7, 11) is 0. The molecule has 1 nitrogen and oxygen atoms in total. The second-order valence-corrected chi connectivity index (χ2v) is 5.96. The minimum absolute atomic E-state index is 0.146. The van der Waals surface area contributed by atoms with E-state index in [0.29, 0.717) is 5.56 Å². The lowest BCUT2D eigenvalue weighted by molar-refractivity contribution is 0.339. The van der Waals surface area contributed by atoms with Crippen molar-refractivity contribution in [3.8, 4) is 0 Å². The summed E-state index contributed by atoms with van der Waals surface area (Å²) in [4.78, 5) is 0. The summed E-state index contributed by atoms with van der Waals surface area (Å²) in [5.41, 5.74) is 7.98. The molecule has 1 fully saturated rings. The Hall–Kier alpha value is -0.890. The van der Waals surface area contributed by atoms with E-state index in [2.05, 4.69) is 13.8 Å². The summed E-state index contributed by atoms with van der Waals surface area (Å²) in [5, 5.41) is 0. The van der Waals surface area contributed by atoms with Crippen LogP contribution in [0.4, 0.5) is 4.39 Å². The van der Waals surface area contributed by atoms with Gasteiger partial charge in [0, 0.05) is 5.54 Å². The zero-order valence-corrected chi connectivity index (χ0v) is 10.3. The number of halogens is 1. The molecular weight excluding hydrogens is 201 g/mol. The minimum atomic E-state index is -0.335. The Kier molecular flexibility index (Phi) is 2.58. The first-order valence-electron chi connectivity index (χ1n) is 5.88. The fourth-order valence-corrected chi connectivity index (χ4v) is 2.74. The van der Waals surface area contributed by atoms with E-state index in [1.165, 1.54) is 0 Å². The largest absolute Gasteiger partial charge is 0.321 e. The highest BCUT2D eigenvalue weighted by molar-refractivity contribution is 5.30. The molecule has 1 aliphatic rings. The van der Waals surface area contributed by atoms with Crippen LogP contribution in [0.15, 0.2) is 18.2 Å². The van der Waals surface area contributed by atoms with Crippen molar-refractivity contribution in [3.05, 3.63) is 35.1 Å². The maximum atomic E-state index is 13.5. The molecule has 1 aliphatic carbocycles. The predicted molar refractivity (Wildman–Crippen MR) is 64.6 cm³/mol. The molecule has 2 N–H and O–H groups in total. The standard InChI is InChI=1S/C14H20FN/c1-10-4-5-11(8-12(10)15)14(16)7-6-13(2,3)9-14/h4-5,8H,6-7,9,16H2,1-3H3. The number of aryl methyl sites for hydroxylation is 1. The maximum Gasteiger partial charge on any atom is 0.126 e. The summed E-state index contributed by atoms with van der Waals surface area (Å²) < 4.78 is 13.5. The van der Waals surface area contributed by atoms with Gasteiger partial charge >= 0.3 is 0 Å². The van der Waals surface area contributed by atoms with Gasteiger partial charge in [0.15, 0.2) is 0 Å². The van der Waals surface area contributed by atoms with E-state index in [0.717, 1.165) is 24.8 Å². The molecule has 0 saturated heterocycles. The van der Waals surface area contributed by atoms with E-state index in [1.54, 1.807) is 13.0 Å². The Bertz CT molecular complexity index is 411. The quantitative estimate of drug-likeness (QED) is 0.771. The zero-order chi connectivity index (χ0) is 12.0. The Labute approximate surface area is 96.9 Å². The van der Waals surface area contributed by atoms with Gasteiger partial charge in [-0.25, -0.2) is 4.39 Å². The van der Waals surface area contributed by atoms with Crippen molar-refractivity contribution in [2.24, 2.45) is 11.1 Å². The molecule has 0 aromatic heterocycles. The van der Waals surface area contributed by atoms with Crippen LogP contribution >= 0.6 is 0 Å². The van der Waals surface area contributed by atoms with Crippen LogP contribution < -0.4 is 5.73 Å². The van der Waals surface area contributed by atoms with Crippen molar-refractivity contribution in [1.82, 2.24) is 0 Å². The Morgan fingerprint density at radius 1 is 1.25 bits per heavy atom. The molecule has 1 aromatic carbocycles. The van der Waals surface area contributed by atoms with Crippen molar-refractivity contribution in [2.75, 3.05) is 0 Å². The van der Waals surface area contributed by atoms with Crippen LogP contribution in [0.1, 0.15) is 44.2 Å². The first-order valence-corrected chi connectivity index (χ1v) is 5.88. The lowest BCUT2D eigenvalue weighted by Crippen LogP contribution is -2.34. The lowest BCUT2D eigenvalue weighted by Gasteiger charge is -2.27. The minimum Gasteiger partial charge on any atom is -0.321 e. The van der Waals surface area contributed by atoms with Crippen LogP contribution in [-0.2, 0) is 5.54 Å². The van der Waals surface area contributed by atoms with E-state index in [1.807, 2.05) is 12.1 Å². The molecule has 2 heteroatoms. The topological polar surface area (TPSA) is 26.0 Å². The third-order valence-electron chi connectivity index (χ3n) is 3.79. The van der Waals surface area contributed by atoms with Gasteiger partial charge in [-0.1, -0.05) is 26.0 Å². The van der Waals surface area contributed by atoms with E-state index in [-0.39, 0.29) is 16.8 Å². The average molecular weight is 221 g/mol. The van der Waals surface area contributed by atoms with Gasteiger partial charge < -0.3 is 5.73 Å². The summed E-state index contributed by atoms with van der Waals surface area (Å²) in [6.07, 6.45) is 2.99. The summed E-state index contributed by atoms with van der Waals surface area (Å²) in [5.74, 6) is -0.146. The van der Waals surface area contributed by atoms with Crippen LogP contribution in [0, 0.1) is 18.2 Å². The van der Waals surface area contributed by atoms with Crippen molar-refractivity contribution >= 4 is 0 Å². The smallest absolute Gasteiger partial charge is 0.126 e. The fourth-order valence-electron chi connectivity index (χ4n) is 2.74. The molecule has 0 aliphatic heterocycles. The number of benzene rings is 1. The molecule has 1 saturated carbocycles. The van der Waals surface area contributed by atoms with Crippen LogP contribution in [0.25, 0.3) is 0 Å². The summed E-state index contributed by atoms with van der Waals surface area (Å²) in [6.45, 7) is 6.24. The normalized spacial score (nSPS) is 28.3. The van der Waals surface area contributed by atoms with Gasteiger partial charge in [0.2, 0.25) is 0 Å². The zero-order valence-electron chi connectivity index (χ0n) is 10.3. The molecular formula is C14H20FN. The molecule has 2 rings (SSSR count).